The van der Waals surface area contributed by atoms with Crippen LogP contribution >= 0.6 is 0 Å². The summed E-state index contributed by atoms with van der Waals surface area (Å²) in [7, 11) is 0. The summed E-state index contributed by atoms with van der Waals surface area (Å²) in [6.07, 6.45) is 0. The predicted octanol–water partition coefficient (Wildman–Crippen LogP) is 13.4. The molecule has 0 aliphatic carbocycles. The molecule has 12 rings (SSSR count). The Morgan fingerprint density at radius 1 is 0.293 bits per heavy atom. The highest BCUT2D eigenvalue weighted by Gasteiger charge is 2.21. The van der Waals surface area contributed by atoms with E-state index in [2.05, 4.69) is 191 Å². The number of nitrogens with zero attached hydrogens (tertiary/aromatic N) is 5. The molecule has 9 aromatic carbocycles. The van der Waals surface area contributed by atoms with Crippen molar-refractivity contribution >= 4 is 65.2 Å². The molecule has 0 unspecified atom stereocenters. The summed E-state index contributed by atoms with van der Waals surface area (Å²) in [6.45, 7) is 0. The molecule has 270 valence electrons. The van der Waals surface area contributed by atoms with E-state index >= 15 is 0 Å². The SMILES string of the molecule is c1ccc(-c2nc(-c3cccc(-n4c5cc6ccccc6cc5c5cc6ccccc6cc54)c3)nc(-c3cccc4c3c3ccccc3n4-c3ccccc3)n2)cc1. The zero-order valence-corrected chi connectivity index (χ0v) is 31.3. The lowest BCUT2D eigenvalue weighted by atomic mass is 10.0. The van der Waals surface area contributed by atoms with E-state index in [9.17, 15) is 0 Å². The molecule has 58 heavy (non-hydrogen) atoms. The van der Waals surface area contributed by atoms with Gasteiger partial charge in [-0.15, -0.1) is 0 Å². The highest BCUT2D eigenvalue weighted by molar-refractivity contribution is 6.17. The minimum absolute atomic E-state index is 0.617. The summed E-state index contributed by atoms with van der Waals surface area (Å²) >= 11 is 0. The van der Waals surface area contributed by atoms with Crippen LogP contribution in [-0.2, 0) is 0 Å². The lowest BCUT2D eigenvalue weighted by Crippen LogP contribution is -2.01. The molecule has 5 nitrogen and oxygen atoms in total. The minimum atomic E-state index is 0.617. The summed E-state index contributed by atoms with van der Waals surface area (Å²) in [5.74, 6) is 1.88. The zero-order valence-electron chi connectivity index (χ0n) is 31.3. The quantitative estimate of drug-likeness (QED) is 0.177. The van der Waals surface area contributed by atoms with E-state index in [1.165, 1.54) is 32.3 Å². The number of aromatic nitrogens is 5. The fourth-order valence-electron chi connectivity index (χ4n) is 8.85. The summed E-state index contributed by atoms with van der Waals surface area (Å²) in [5, 5.41) is 9.57. The second-order valence-electron chi connectivity index (χ2n) is 14.9. The van der Waals surface area contributed by atoms with Crippen molar-refractivity contribution in [2.24, 2.45) is 0 Å². The molecule has 0 saturated carbocycles. The van der Waals surface area contributed by atoms with E-state index in [0.29, 0.717) is 17.5 Å². The van der Waals surface area contributed by atoms with Crippen molar-refractivity contribution in [3.8, 4) is 45.5 Å². The van der Waals surface area contributed by atoms with Crippen molar-refractivity contribution in [3.05, 3.63) is 200 Å². The van der Waals surface area contributed by atoms with Crippen LogP contribution in [0.4, 0.5) is 0 Å². The molecule has 0 bridgehead atoms. The van der Waals surface area contributed by atoms with Gasteiger partial charge in [0.2, 0.25) is 0 Å². The predicted molar refractivity (Wildman–Crippen MR) is 240 cm³/mol. The first-order valence-electron chi connectivity index (χ1n) is 19.6. The molecule has 0 atom stereocenters. The van der Waals surface area contributed by atoms with Crippen LogP contribution in [-0.4, -0.2) is 24.1 Å². The third-order valence-corrected chi connectivity index (χ3v) is 11.5. The van der Waals surface area contributed by atoms with Crippen molar-refractivity contribution in [1.29, 1.82) is 0 Å². The first-order valence-corrected chi connectivity index (χ1v) is 19.6. The number of benzene rings is 9. The van der Waals surface area contributed by atoms with Crippen LogP contribution in [0.15, 0.2) is 200 Å². The van der Waals surface area contributed by atoms with Crippen LogP contribution in [0.25, 0.3) is 111 Å². The Balaban J connectivity index is 1.10. The molecule has 0 fully saturated rings. The molecule has 0 radical (unpaired) electrons. The molecule has 0 amide bonds. The Labute approximate surface area is 333 Å². The first kappa shape index (κ1) is 32.4. The van der Waals surface area contributed by atoms with Crippen LogP contribution in [0.5, 0.6) is 0 Å². The van der Waals surface area contributed by atoms with Crippen LogP contribution in [0.1, 0.15) is 0 Å². The van der Waals surface area contributed by atoms with Crippen LogP contribution < -0.4 is 0 Å². The van der Waals surface area contributed by atoms with E-state index in [1.807, 2.05) is 18.2 Å². The maximum Gasteiger partial charge on any atom is 0.164 e. The first-order chi connectivity index (χ1) is 28.7. The number of hydrogen-bond donors (Lipinski definition) is 0. The second kappa shape index (κ2) is 12.8. The van der Waals surface area contributed by atoms with Gasteiger partial charge in [-0.3, -0.25) is 0 Å². The molecular formula is C53H33N5. The monoisotopic (exact) mass is 739 g/mol. The molecule has 5 heteroatoms. The lowest BCUT2D eigenvalue weighted by Gasteiger charge is -2.12. The molecule has 0 spiro atoms. The second-order valence-corrected chi connectivity index (χ2v) is 14.9. The van der Waals surface area contributed by atoms with Gasteiger partial charge in [0, 0.05) is 49.6 Å². The van der Waals surface area contributed by atoms with Crippen LogP contribution in [0.2, 0.25) is 0 Å². The molecule has 0 aliphatic heterocycles. The Hall–Kier alpha value is -7.89. The van der Waals surface area contributed by atoms with Crippen molar-refractivity contribution in [2.45, 2.75) is 0 Å². The Morgan fingerprint density at radius 2 is 0.776 bits per heavy atom. The maximum absolute atomic E-state index is 5.33. The van der Waals surface area contributed by atoms with E-state index in [-0.39, 0.29) is 0 Å². The van der Waals surface area contributed by atoms with Gasteiger partial charge in [0.05, 0.1) is 22.1 Å². The fraction of sp³-hybridized carbons (Fsp3) is 0. The fourth-order valence-corrected chi connectivity index (χ4v) is 8.85. The largest absolute Gasteiger partial charge is 0.309 e. The third kappa shape index (κ3) is 5.07. The standard InChI is InChI=1S/C53H33N5/c1-3-15-34(16-4-1)51-54-52(56-53(55-51)43-26-14-28-47-50(43)42-25-11-12-27-46(42)57(47)40-22-5-2-6-23-40)39-21-13-24-41(29-39)58-48-32-37-19-9-7-17-35(37)30-44(48)45-31-36-18-8-10-20-38(36)33-49(45)58/h1-33H. The Morgan fingerprint density at radius 3 is 1.47 bits per heavy atom. The summed E-state index contributed by atoms with van der Waals surface area (Å²) in [5.41, 5.74) is 9.50. The summed E-state index contributed by atoms with van der Waals surface area (Å²) in [4.78, 5) is 15.7. The number of para-hydroxylation sites is 2. The van der Waals surface area contributed by atoms with E-state index in [4.69, 9.17) is 15.0 Å². The van der Waals surface area contributed by atoms with Crippen molar-refractivity contribution < 1.29 is 0 Å². The third-order valence-electron chi connectivity index (χ3n) is 11.5. The molecular weight excluding hydrogens is 707 g/mol. The summed E-state index contributed by atoms with van der Waals surface area (Å²) < 4.78 is 4.72. The molecule has 0 N–H and O–H groups in total. The van der Waals surface area contributed by atoms with Gasteiger partial charge in [0.15, 0.2) is 17.5 Å². The van der Waals surface area contributed by atoms with Gasteiger partial charge in [-0.1, -0.05) is 140 Å². The highest BCUT2D eigenvalue weighted by atomic mass is 15.0. The van der Waals surface area contributed by atoms with Gasteiger partial charge in [0.1, 0.15) is 0 Å². The van der Waals surface area contributed by atoms with Gasteiger partial charge < -0.3 is 9.13 Å². The van der Waals surface area contributed by atoms with Gasteiger partial charge in [0.25, 0.3) is 0 Å². The smallest absolute Gasteiger partial charge is 0.164 e. The van der Waals surface area contributed by atoms with Crippen molar-refractivity contribution in [2.75, 3.05) is 0 Å². The highest BCUT2D eigenvalue weighted by Crippen LogP contribution is 2.40. The van der Waals surface area contributed by atoms with Crippen LogP contribution in [0.3, 0.4) is 0 Å². The lowest BCUT2D eigenvalue weighted by molar-refractivity contribution is 1.07. The van der Waals surface area contributed by atoms with Crippen LogP contribution in [0, 0.1) is 0 Å². The summed E-state index contributed by atoms with van der Waals surface area (Å²) in [6, 6.07) is 70.9. The normalized spacial score (nSPS) is 11.8. The average Bonchev–Trinajstić information content (AvgIpc) is 3.79. The number of fused-ring (bicyclic) bond motifs is 8. The molecule has 12 aromatic rings. The molecule has 0 aliphatic rings. The molecule has 0 saturated heterocycles. The van der Waals surface area contributed by atoms with E-state index < -0.39 is 0 Å². The minimum Gasteiger partial charge on any atom is -0.309 e. The average molecular weight is 740 g/mol. The van der Waals surface area contributed by atoms with E-state index in [1.54, 1.807) is 0 Å². The van der Waals surface area contributed by atoms with Gasteiger partial charge in [-0.25, -0.2) is 15.0 Å². The maximum atomic E-state index is 5.33. The molecule has 3 heterocycles. The van der Waals surface area contributed by atoms with Gasteiger partial charge >= 0.3 is 0 Å². The van der Waals surface area contributed by atoms with Crippen molar-refractivity contribution in [3.63, 3.8) is 0 Å². The Kier molecular flexibility index (Phi) is 7.16. The van der Waals surface area contributed by atoms with Gasteiger partial charge in [-0.2, -0.15) is 0 Å². The topological polar surface area (TPSA) is 48.5 Å². The Bertz CT molecular complexity index is 3470. The van der Waals surface area contributed by atoms with Gasteiger partial charge in [-0.05, 0) is 82.2 Å². The molecule has 3 aromatic heterocycles. The number of rotatable bonds is 5. The zero-order chi connectivity index (χ0) is 38.2. The van der Waals surface area contributed by atoms with E-state index in [0.717, 1.165) is 60.9 Å². The van der Waals surface area contributed by atoms with Crippen molar-refractivity contribution in [1.82, 2.24) is 24.1 Å². The number of hydrogen-bond acceptors (Lipinski definition) is 3.